The molecule has 2 atom stereocenters. The highest BCUT2D eigenvalue weighted by molar-refractivity contribution is 5.78. The van der Waals surface area contributed by atoms with Crippen LogP contribution in [0.3, 0.4) is 0 Å². The van der Waals surface area contributed by atoms with Gasteiger partial charge in [0.05, 0.1) is 4.92 Å². The van der Waals surface area contributed by atoms with Gasteiger partial charge in [0.2, 0.25) is 6.20 Å². The Kier molecular flexibility index (Phi) is 3.80. The molecule has 4 heteroatoms. The monoisotopic (exact) mass is 197 g/mol. The van der Waals surface area contributed by atoms with E-state index in [9.17, 15) is 14.9 Å². The van der Waals surface area contributed by atoms with Crippen molar-refractivity contribution < 1.29 is 9.72 Å². The van der Waals surface area contributed by atoms with Gasteiger partial charge in [0.15, 0.2) is 0 Å². The van der Waals surface area contributed by atoms with Crippen LogP contribution in [0.4, 0.5) is 0 Å². The summed E-state index contributed by atoms with van der Waals surface area (Å²) in [4.78, 5) is 20.9. The fourth-order valence-electron chi connectivity index (χ4n) is 2.08. The standard InChI is InChI=1S/C10H15NO3/c1-8(12)10-5-3-2-4-9(10)6-7-11(13)14/h6-7,9-10H,2-5H2,1H3. The SMILES string of the molecule is CC(=O)C1CCCCC1C=C[N+](=O)[O-]. The summed E-state index contributed by atoms with van der Waals surface area (Å²) in [5.41, 5.74) is 0. The van der Waals surface area contributed by atoms with E-state index in [0.717, 1.165) is 31.9 Å². The van der Waals surface area contributed by atoms with E-state index in [1.165, 1.54) is 0 Å². The van der Waals surface area contributed by atoms with Crippen molar-refractivity contribution in [1.82, 2.24) is 0 Å². The Morgan fingerprint density at radius 2 is 2.07 bits per heavy atom. The van der Waals surface area contributed by atoms with Crippen molar-refractivity contribution in [3.8, 4) is 0 Å². The third kappa shape index (κ3) is 2.94. The Labute approximate surface area is 83.1 Å². The second-order valence-corrected chi connectivity index (χ2v) is 3.79. The predicted molar refractivity (Wildman–Crippen MR) is 52.3 cm³/mol. The lowest BCUT2D eigenvalue weighted by Crippen LogP contribution is -2.24. The minimum Gasteiger partial charge on any atom is -0.300 e. The summed E-state index contributed by atoms with van der Waals surface area (Å²) in [5, 5.41) is 10.2. The molecule has 0 bridgehead atoms. The number of rotatable bonds is 3. The van der Waals surface area contributed by atoms with E-state index in [4.69, 9.17) is 0 Å². The lowest BCUT2D eigenvalue weighted by atomic mass is 9.77. The van der Waals surface area contributed by atoms with Gasteiger partial charge in [0.25, 0.3) is 0 Å². The Morgan fingerprint density at radius 1 is 1.43 bits per heavy atom. The van der Waals surface area contributed by atoms with Crippen molar-refractivity contribution in [1.29, 1.82) is 0 Å². The molecule has 0 radical (unpaired) electrons. The zero-order valence-corrected chi connectivity index (χ0v) is 8.31. The highest BCUT2D eigenvalue weighted by atomic mass is 16.6. The van der Waals surface area contributed by atoms with E-state index in [-0.39, 0.29) is 17.6 Å². The van der Waals surface area contributed by atoms with Gasteiger partial charge in [0.1, 0.15) is 5.78 Å². The van der Waals surface area contributed by atoms with Gasteiger partial charge >= 0.3 is 0 Å². The van der Waals surface area contributed by atoms with Crippen molar-refractivity contribution in [3.63, 3.8) is 0 Å². The molecule has 0 aromatic rings. The lowest BCUT2D eigenvalue weighted by molar-refractivity contribution is -0.402. The number of ketones is 1. The molecule has 1 fully saturated rings. The van der Waals surface area contributed by atoms with Gasteiger partial charge in [0, 0.05) is 5.92 Å². The first-order valence-electron chi connectivity index (χ1n) is 4.93. The van der Waals surface area contributed by atoms with Crippen LogP contribution in [-0.4, -0.2) is 10.7 Å². The molecule has 78 valence electrons. The van der Waals surface area contributed by atoms with Gasteiger partial charge < -0.3 is 0 Å². The molecule has 0 N–H and O–H groups in total. The highest BCUT2D eigenvalue weighted by Crippen LogP contribution is 2.31. The van der Waals surface area contributed by atoms with E-state index in [1.54, 1.807) is 13.0 Å². The zero-order chi connectivity index (χ0) is 10.6. The molecule has 0 aliphatic heterocycles. The van der Waals surface area contributed by atoms with E-state index >= 15 is 0 Å². The average Bonchev–Trinajstić information content (AvgIpc) is 2.15. The third-order valence-electron chi connectivity index (χ3n) is 2.80. The first-order chi connectivity index (χ1) is 6.61. The first-order valence-corrected chi connectivity index (χ1v) is 4.93. The predicted octanol–water partition coefficient (Wildman–Crippen LogP) is 2.17. The van der Waals surface area contributed by atoms with Crippen LogP contribution >= 0.6 is 0 Å². The number of Topliss-reactive ketones (excluding diaryl/α,β-unsaturated/α-hetero) is 1. The van der Waals surface area contributed by atoms with Crippen LogP contribution in [0.25, 0.3) is 0 Å². The third-order valence-corrected chi connectivity index (χ3v) is 2.80. The van der Waals surface area contributed by atoms with Crippen LogP contribution in [0, 0.1) is 22.0 Å². The number of allylic oxidation sites excluding steroid dienone is 1. The molecule has 0 heterocycles. The van der Waals surface area contributed by atoms with Crippen LogP contribution in [0.2, 0.25) is 0 Å². The Balaban J connectivity index is 2.63. The van der Waals surface area contributed by atoms with E-state index in [1.807, 2.05) is 0 Å². The smallest absolute Gasteiger partial charge is 0.230 e. The summed E-state index contributed by atoms with van der Waals surface area (Å²) >= 11 is 0. The first kappa shape index (κ1) is 10.9. The maximum absolute atomic E-state index is 11.3. The van der Waals surface area contributed by atoms with Gasteiger partial charge in [-0.3, -0.25) is 14.9 Å². The molecule has 0 aromatic heterocycles. The molecule has 14 heavy (non-hydrogen) atoms. The van der Waals surface area contributed by atoms with Gasteiger partial charge in [-0.2, -0.15) is 0 Å². The minimum absolute atomic E-state index is 0.0000463. The van der Waals surface area contributed by atoms with Crippen LogP contribution < -0.4 is 0 Å². The van der Waals surface area contributed by atoms with Crippen LogP contribution in [0.1, 0.15) is 32.6 Å². The van der Waals surface area contributed by atoms with Crippen molar-refractivity contribution in [2.45, 2.75) is 32.6 Å². The molecule has 4 nitrogen and oxygen atoms in total. The number of nitrogens with zero attached hydrogens (tertiary/aromatic N) is 1. The largest absolute Gasteiger partial charge is 0.300 e. The minimum atomic E-state index is -0.466. The molecular weight excluding hydrogens is 182 g/mol. The van der Waals surface area contributed by atoms with E-state index < -0.39 is 4.92 Å². The number of hydrogen-bond acceptors (Lipinski definition) is 3. The van der Waals surface area contributed by atoms with Crippen molar-refractivity contribution in [3.05, 3.63) is 22.4 Å². The topological polar surface area (TPSA) is 60.2 Å². The van der Waals surface area contributed by atoms with Crippen molar-refractivity contribution in [2.75, 3.05) is 0 Å². The summed E-state index contributed by atoms with van der Waals surface area (Å²) in [5.74, 6) is 0.231. The Hall–Kier alpha value is -1.19. The quantitative estimate of drug-likeness (QED) is 0.514. The molecule has 2 unspecified atom stereocenters. The van der Waals surface area contributed by atoms with Crippen LogP contribution in [-0.2, 0) is 4.79 Å². The van der Waals surface area contributed by atoms with E-state index in [0.29, 0.717) is 0 Å². The summed E-state index contributed by atoms with van der Waals surface area (Å²) in [7, 11) is 0. The molecule has 1 aliphatic carbocycles. The Bertz CT molecular complexity index is 260. The molecule has 0 saturated heterocycles. The lowest BCUT2D eigenvalue weighted by Gasteiger charge is -2.26. The fraction of sp³-hybridized carbons (Fsp3) is 0.700. The zero-order valence-electron chi connectivity index (χ0n) is 8.31. The Morgan fingerprint density at radius 3 is 2.64 bits per heavy atom. The molecule has 1 saturated carbocycles. The van der Waals surface area contributed by atoms with Gasteiger partial charge in [-0.1, -0.05) is 12.8 Å². The van der Waals surface area contributed by atoms with Crippen molar-refractivity contribution >= 4 is 5.78 Å². The number of nitro groups is 1. The molecule has 0 amide bonds. The molecule has 1 aliphatic rings. The van der Waals surface area contributed by atoms with E-state index in [2.05, 4.69) is 0 Å². The normalized spacial score (nSPS) is 27.8. The summed E-state index contributed by atoms with van der Waals surface area (Å²) in [6, 6.07) is 0. The number of carbonyl (C=O) groups is 1. The summed E-state index contributed by atoms with van der Waals surface area (Å²) in [6.07, 6.45) is 6.44. The highest BCUT2D eigenvalue weighted by Gasteiger charge is 2.27. The summed E-state index contributed by atoms with van der Waals surface area (Å²) in [6.45, 7) is 1.57. The fourth-order valence-corrected chi connectivity index (χ4v) is 2.08. The maximum Gasteiger partial charge on any atom is 0.230 e. The van der Waals surface area contributed by atoms with Crippen molar-refractivity contribution in [2.24, 2.45) is 11.8 Å². The number of carbonyl (C=O) groups excluding carboxylic acids is 1. The van der Waals surface area contributed by atoms with Crippen LogP contribution in [0.15, 0.2) is 12.3 Å². The second-order valence-electron chi connectivity index (χ2n) is 3.79. The van der Waals surface area contributed by atoms with Gasteiger partial charge in [-0.05, 0) is 31.8 Å². The summed E-state index contributed by atoms with van der Waals surface area (Å²) < 4.78 is 0. The molecular formula is C10H15NO3. The second kappa shape index (κ2) is 4.88. The molecule has 0 aromatic carbocycles. The maximum atomic E-state index is 11.3. The number of hydrogen-bond donors (Lipinski definition) is 0. The molecule has 0 spiro atoms. The molecule has 1 rings (SSSR count). The van der Waals surface area contributed by atoms with Crippen LogP contribution in [0.5, 0.6) is 0 Å². The van der Waals surface area contributed by atoms with Gasteiger partial charge in [-0.25, -0.2) is 0 Å². The van der Waals surface area contributed by atoms with Gasteiger partial charge in [-0.15, -0.1) is 0 Å². The average molecular weight is 197 g/mol.